The van der Waals surface area contributed by atoms with E-state index in [1.54, 1.807) is 4.90 Å². The van der Waals surface area contributed by atoms with Crippen LogP contribution in [0.15, 0.2) is 18.2 Å². The third kappa shape index (κ3) is 4.91. The van der Waals surface area contributed by atoms with Crippen molar-refractivity contribution in [2.24, 2.45) is 11.8 Å². The first-order chi connectivity index (χ1) is 15.6. The minimum atomic E-state index is -1.85. The molecule has 33 heavy (non-hydrogen) atoms. The van der Waals surface area contributed by atoms with E-state index in [0.717, 1.165) is 16.9 Å². The van der Waals surface area contributed by atoms with Crippen LogP contribution in [0.4, 0.5) is 4.39 Å². The first-order valence-corrected chi connectivity index (χ1v) is 11.6. The molecule has 2 fully saturated rings. The molecule has 3 aliphatic heterocycles. The molecule has 3 amide bonds. The summed E-state index contributed by atoms with van der Waals surface area (Å²) < 4.78 is 13.8. The highest BCUT2D eigenvalue weighted by Gasteiger charge is 2.47. The summed E-state index contributed by atoms with van der Waals surface area (Å²) in [5.74, 6) is -2.23. The number of benzene rings is 1. The third-order valence-corrected chi connectivity index (χ3v) is 6.91. The zero-order chi connectivity index (χ0) is 23.9. The number of halogens is 1. The zero-order valence-electron chi connectivity index (χ0n) is 19.0. The van der Waals surface area contributed by atoms with E-state index in [1.165, 1.54) is 11.1 Å². The Labute approximate surface area is 193 Å². The van der Waals surface area contributed by atoms with E-state index in [4.69, 9.17) is 0 Å². The molecule has 3 aliphatic rings. The lowest BCUT2D eigenvalue weighted by molar-refractivity contribution is -0.135. The predicted molar refractivity (Wildman–Crippen MR) is 119 cm³/mol. The Morgan fingerprint density at radius 3 is 2.70 bits per heavy atom. The molecule has 10 heteroatoms. The lowest BCUT2D eigenvalue weighted by Crippen LogP contribution is -2.51. The summed E-state index contributed by atoms with van der Waals surface area (Å²) in [4.78, 5) is 41.2. The lowest BCUT2D eigenvalue weighted by atomic mass is 9.77. The van der Waals surface area contributed by atoms with Gasteiger partial charge in [-0.2, -0.15) is 0 Å². The van der Waals surface area contributed by atoms with Crippen LogP contribution in [0.25, 0.3) is 0 Å². The quantitative estimate of drug-likeness (QED) is 0.539. The van der Waals surface area contributed by atoms with Gasteiger partial charge in [0.2, 0.25) is 17.7 Å². The highest BCUT2D eigenvalue weighted by molar-refractivity contribution is 6.43. The Morgan fingerprint density at radius 2 is 2.00 bits per heavy atom. The van der Waals surface area contributed by atoms with Crippen molar-refractivity contribution >= 4 is 24.8 Å². The molecule has 0 aliphatic carbocycles. The highest BCUT2D eigenvalue weighted by Crippen LogP contribution is 2.31. The second-order valence-electron chi connectivity index (χ2n) is 9.91. The molecule has 4 rings (SSSR count). The Balaban J connectivity index is 1.37. The SMILES string of the molecule is CC(C)Cc1cccc2c1CN(C(=O)C[C@@H]1C[C@@H](C(=O)N3CC(F)C[C@H]3B(O)O)NC1=O)C2. The number of fused-ring (bicyclic) bond motifs is 1. The van der Waals surface area contributed by atoms with Gasteiger partial charge < -0.3 is 25.2 Å². The summed E-state index contributed by atoms with van der Waals surface area (Å²) in [5, 5.41) is 21.6. The molecule has 4 atom stereocenters. The fraction of sp³-hybridized carbons (Fsp3) is 0.609. The molecule has 1 unspecified atom stereocenters. The molecule has 0 saturated carbocycles. The maximum atomic E-state index is 13.8. The van der Waals surface area contributed by atoms with Gasteiger partial charge in [0.15, 0.2) is 0 Å². The monoisotopic (exact) mass is 459 g/mol. The van der Waals surface area contributed by atoms with Crippen LogP contribution >= 0.6 is 0 Å². The van der Waals surface area contributed by atoms with Gasteiger partial charge in [-0.05, 0) is 41.9 Å². The maximum absolute atomic E-state index is 13.8. The molecule has 3 N–H and O–H groups in total. The molecule has 178 valence electrons. The number of hydrogen-bond acceptors (Lipinski definition) is 5. The summed E-state index contributed by atoms with van der Waals surface area (Å²) in [5.41, 5.74) is 3.57. The van der Waals surface area contributed by atoms with Crippen LogP contribution in [0.5, 0.6) is 0 Å². The molecule has 0 radical (unpaired) electrons. The fourth-order valence-corrected chi connectivity index (χ4v) is 5.27. The van der Waals surface area contributed by atoms with E-state index >= 15 is 0 Å². The van der Waals surface area contributed by atoms with E-state index in [0.29, 0.717) is 19.0 Å². The van der Waals surface area contributed by atoms with Crippen molar-refractivity contribution in [1.29, 1.82) is 0 Å². The molecule has 2 saturated heterocycles. The van der Waals surface area contributed by atoms with Gasteiger partial charge >= 0.3 is 7.12 Å². The molecule has 0 bridgehead atoms. The average Bonchev–Trinajstić information content (AvgIpc) is 3.44. The van der Waals surface area contributed by atoms with Crippen molar-refractivity contribution in [3.05, 3.63) is 34.9 Å². The van der Waals surface area contributed by atoms with Crippen molar-refractivity contribution in [2.75, 3.05) is 6.54 Å². The molecule has 1 aromatic carbocycles. The van der Waals surface area contributed by atoms with Crippen LogP contribution in [0, 0.1) is 11.8 Å². The third-order valence-electron chi connectivity index (χ3n) is 6.91. The molecular weight excluding hydrogens is 428 g/mol. The topological polar surface area (TPSA) is 110 Å². The van der Waals surface area contributed by atoms with Gasteiger partial charge in [-0.25, -0.2) is 4.39 Å². The number of nitrogens with zero attached hydrogens (tertiary/aromatic N) is 2. The number of hydrogen-bond donors (Lipinski definition) is 3. The zero-order valence-corrected chi connectivity index (χ0v) is 19.0. The van der Waals surface area contributed by atoms with Crippen molar-refractivity contribution in [1.82, 2.24) is 15.1 Å². The average molecular weight is 459 g/mol. The molecule has 3 heterocycles. The number of alkyl halides is 1. The summed E-state index contributed by atoms with van der Waals surface area (Å²) in [6.45, 7) is 5.12. The number of carbonyl (C=O) groups is 3. The second-order valence-corrected chi connectivity index (χ2v) is 9.91. The standard InChI is InChI=1S/C23H31BFN3O5/c1-13(2)6-14-4-3-5-15-10-27(12-18(14)15)21(29)8-16-7-19(26-22(16)30)23(31)28-11-17(25)9-20(28)24(32)33/h3-5,13,16-17,19-20,32-33H,6-12H2,1-2H3,(H,26,30)/t16-,17?,19-,20-/m0/s1. The lowest BCUT2D eigenvalue weighted by Gasteiger charge is -2.26. The molecule has 1 aromatic rings. The normalized spacial score (nSPS) is 26.7. The van der Waals surface area contributed by atoms with Crippen LogP contribution < -0.4 is 5.32 Å². The number of rotatable bonds is 6. The fourth-order valence-electron chi connectivity index (χ4n) is 5.27. The van der Waals surface area contributed by atoms with Crippen molar-refractivity contribution in [3.63, 3.8) is 0 Å². The summed E-state index contributed by atoms with van der Waals surface area (Å²) in [6, 6.07) is 5.26. The Kier molecular flexibility index (Phi) is 6.77. The van der Waals surface area contributed by atoms with Crippen molar-refractivity contribution in [2.45, 2.75) is 70.8 Å². The van der Waals surface area contributed by atoms with Gasteiger partial charge in [0, 0.05) is 25.4 Å². The first-order valence-electron chi connectivity index (χ1n) is 11.6. The van der Waals surface area contributed by atoms with Crippen molar-refractivity contribution in [3.8, 4) is 0 Å². The number of amides is 3. The molecular formula is C23H31BFN3O5. The Hall–Kier alpha value is -2.46. The van der Waals surface area contributed by atoms with Gasteiger partial charge in [0.05, 0.1) is 12.5 Å². The van der Waals surface area contributed by atoms with Gasteiger partial charge in [0.1, 0.15) is 12.2 Å². The first kappa shape index (κ1) is 23.7. The minimum absolute atomic E-state index is 0.000898. The summed E-state index contributed by atoms with van der Waals surface area (Å²) >= 11 is 0. The molecule has 0 aromatic heterocycles. The van der Waals surface area contributed by atoms with E-state index in [2.05, 4.69) is 25.2 Å². The Bertz CT molecular complexity index is 943. The van der Waals surface area contributed by atoms with Gasteiger partial charge in [-0.3, -0.25) is 14.4 Å². The van der Waals surface area contributed by atoms with Crippen LogP contribution in [0.1, 0.15) is 49.8 Å². The summed E-state index contributed by atoms with van der Waals surface area (Å²) in [6.07, 6.45) is -0.418. The number of likely N-dealkylation sites (tertiary alicyclic amines) is 1. The van der Waals surface area contributed by atoms with Crippen LogP contribution in [-0.4, -0.2) is 69.4 Å². The van der Waals surface area contributed by atoms with Crippen LogP contribution in [-0.2, 0) is 33.9 Å². The largest absolute Gasteiger partial charge is 0.475 e. The van der Waals surface area contributed by atoms with Crippen molar-refractivity contribution < 1.29 is 28.8 Å². The second kappa shape index (κ2) is 9.42. The minimum Gasteiger partial charge on any atom is -0.426 e. The van der Waals surface area contributed by atoms with E-state index in [9.17, 15) is 28.8 Å². The molecule has 0 spiro atoms. The Morgan fingerprint density at radius 1 is 1.24 bits per heavy atom. The van der Waals surface area contributed by atoms with E-state index < -0.39 is 37.1 Å². The van der Waals surface area contributed by atoms with Crippen LogP contribution in [0.3, 0.4) is 0 Å². The van der Waals surface area contributed by atoms with E-state index in [-0.39, 0.29) is 37.6 Å². The van der Waals surface area contributed by atoms with Gasteiger partial charge in [0.25, 0.3) is 0 Å². The van der Waals surface area contributed by atoms with Crippen LogP contribution in [0.2, 0.25) is 0 Å². The van der Waals surface area contributed by atoms with Gasteiger partial charge in [-0.15, -0.1) is 0 Å². The number of carbonyl (C=O) groups excluding carboxylic acids is 3. The summed E-state index contributed by atoms with van der Waals surface area (Å²) in [7, 11) is -1.85. The predicted octanol–water partition coefficient (Wildman–Crippen LogP) is 0.573. The highest BCUT2D eigenvalue weighted by atomic mass is 19.1. The maximum Gasteiger partial charge on any atom is 0.475 e. The van der Waals surface area contributed by atoms with E-state index in [1.807, 2.05) is 12.1 Å². The number of nitrogens with one attached hydrogen (secondary N) is 1. The molecule has 8 nitrogen and oxygen atoms in total. The smallest absolute Gasteiger partial charge is 0.426 e. The van der Waals surface area contributed by atoms with Gasteiger partial charge in [-0.1, -0.05) is 32.0 Å².